The van der Waals surface area contributed by atoms with Gasteiger partial charge in [0, 0.05) is 29.7 Å². The van der Waals surface area contributed by atoms with E-state index in [1.807, 2.05) is 0 Å². The summed E-state index contributed by atoms with van der Waals surface area (Å²) in [5, 5.41) is 30.5. The Balaban J connectivity index is 1.94. The summed E-state index contributed by atoms with van der Waals surface area (Å²) in [6.45, 7) is 3.20. The SMILES string of the molecule is CC(C)(N)C(NC(=O)c1ccc(C#CC#CCC2(O)CC(CO)C2)cc1)C(=O)NO. The van der Waals surface area contributed by atoms with Crippen LogP contribution in [0.15, 0.2) is 24.3 Å². The minimum absolute atomic E-state index is 0.0861. The Hall–Kier alpha value is -2.88. The standard InChI is InChI=1S/C22H27N3O5/c1-21(2,23)18(20(28)25-30)24-19(27)17-9-7-15(8-10-17)6-4-3-5-11-22(29)12-16(13-22)14-26/h7-10,16,18,26,29-30H,11-14,23H2,1-2H3,(H,24,27)(H,25,28). The predicted molar refractivity (Wildman–Crippen MR) is 110 cm³/mol. The summed E-state index contributed by atoms with van der Waals surface area (Å²) in [4.78, 5) is 24.1. The lowest BCUT2D eigenvalue weighted by atomic mass is 9.70. The number of benzene rings is 1. The summed E-state index contributed by atoms with van der Waals surface area (Å²) in [6, 6.07) is 5.27. The molecule has 0 spiro atoms. The summed E-state index contributed by atoms with van der Waals surface area (Å²) < 4.78 is 0. The highest BCUT2D eigenvalue weighted by atomic mass is 16.5. The number of carbonyl (C=O) groups is 2. The molecule has 0 radical (unpaired) electrons. The van der Waals surface area contributed by atoms with Crippen molar-refractivity contribution in [3.63, 3.8) is 0 Å². The minimum atomic E-state index is -1.12. The van der Waals surface area contributed by atoms with Crippen molar-refractivity contribution >= 4 is 11.8 Å². The van der Waals surface area contributed by atoms with Crippen molar-refractivity contribution in [1.82, 2.24) is 10.8 Å². The average Bonchev–Trinajstić information content (AvgIpc) is 2.68. The first-order valence-corrected chi connectivity index (χ1v) is 9.54. The summed E-state index contributed by atoms with van der Waals surface area (Å²) in [5.74, 6) is 9.91. The van der Waals surface area contributed by atoms with E-state index >= 15 is 0 Å². The van der Waals surface area contributed by atoms with Crippen LogP contribution in [-0.2, 0) is 4.79 Å². The molecule has 1 saturated carbocycles. The van der Waals surface area contributed by atoms with Gasteiger partial charge >= 0.3 is 0 Å². The van der Waals surface area contributed by atoms with Gasteiger partial charge in [-0.1, -0.05) is 11.8 Å². The number of rotatable bonds is 6. The second-order valence-corrected chi connectivity index (χ2v) is 8.19. The van der Waals surface area contributed by atoms with Gasteiger partial charge in [-0.2, -0.15) is 0 Å². The van der Waals surface area contributed by atoms with Crippen LogP contribution < -0.4 is 16.5 Å². The lowest BCUT2D eigenvalue weighted by molar-refractivity contribution is -0.132. The second-order valence-electron chi connectivity index (χ2n) is 8.19. The van der Waals surface area contributed by atoms with E-state index in [2.05, 4.69) is 29.0 Å². The number of carbonyl (C=O) groups excluding carboxylic acids is 2. The first-order valence-electron chi connectivity index (χ1n) is 9.54. The van der Waals surface area contributed by atoms with Crippen LogP contribution in [0.5, 0.6) is 0 Å². The van der Waals surface area contributed by atoms with Crippen LogP contribution in [0.2, 0.25) is 0 Å². The predicted octanol–water partition coefficient (Wildman–Crippen LogP) is -0.0939. The van der Waals surface area contributed by atoms with Gasteiger partial charge in [-0.25, -0.2) is 5.48 Å². The van der Waals surface area contributed by atoms with Crippen LogP contribution in [0.25, 0.3) is 0 Å². The average molecular weight is 413 g/mol. The van der Waals surface area contributed by atoms with Crippen LogP contribution in [0.4, 0.5) is 0 Å². The van der Waals surface area contributed by atoms with Gasteiger partial charge in [0.1, 0.15) is 6.04 Å². The molecule has 8 nitrogen and oxygen atoms in total. The van der Waals surface area contributed by atoms with Gasteiger partial charge in [0.25, 0.3) is 11.8 Å². The van der Waals surface area contributed by atoms with Gasteiger partial charge < -0.3 is 21.3 Å². The third-order valence-corrected chi connectivity index (χ3v) is 4.91. The van der Waals surface area contributed by atoms with Crippen LogP contribution in [-0.4, -0.2) is 51.0 Å². The van der Waals surface area contributed by atoms with E-state index in [1.54, 1.807) is 38.1 Å². The van der Waals surface area contributed by atoms with Crippen molar-refractivity contribution in [2.24, 2.45) is 11.7 Å². The van der Waals surface area contributed by atoms with E-state index in [9.17, 15) is 14.7 Å². The molecule has 0 saturated heterocycles. The highest BCUT2D eigenvalue weighted by Gasteiger charge is 2.41. The fraction of sp³-hybridized carbons (Fsp3) is 0.455. The van der Waals surface area contributed by atoms with Crippen molar-refractivity contribution in [2.45, 2.75) is 50.3 Å². The molecule has 0 heterocycles. The number of hydroxylamine groups is 1. The first-order chi connectivity index (χ1) is 14.1. The fourth-order valence-electron chi connectivity index (χ4n) is 3.22. The molecule has 7 N–H and O–H groups in total. The lowest BCUT2D eigenvalue weighted by Crippen LogP contribution is -2.61. The van der Waals surface area contributed by atoms with Gasteiger partial charge in [0.2, 0.25) is 0 Å². The van der Waals surface area contributed by atoms with E-state index in [0.717, 1.165) is 0 Å². The smallest absolute Gasteiger partial charge is 0.267 e. The van der Waals surface area contributed by atoms with E-state index in [4.69, 9.17) is 16.0 Å². The largest absolute Gasteiger partial charge is 0.396 e. The van der Waals surface area contributed by atoms with E-state index in [-0.39, 0.29) is 12.5 Å². The highest BCUT2D eigenvalue weighted by Crippen LogP contribution is 2.39. The van der Waals surface area contributed by atoms with Crippen molar-refractivity contribution in [3.05, 3.63) is 35.4 Å². The Morgan fingerprint density at radius 2 is 1.90 bits per heavy atom. The van der Waals surface area contributed by atoms with Crippen molar-refractivity contribution in [3.8, 4) is 23.7 Å². The Morgan fingerprint density at radius 1 is 1.27 bits per heavy atom. The molecular formula is C22H27N3O5. The van der Waals surface area contributed by atoms with Crippen molar-refractivity contribution < 1.29 is 25.0 Å². The molecule has 160 valence electrons. The van der Waals surface area contributed by atoms with Gasteiger partial charge in [-0.3, -0.25) is 14.8 Å². The summed E-state index contributed by atoms with van der Waals surface area (Å²) in [5.41, 5.74) is 6.44. The molecular weight excluding hydrogens is 386 g/mol. The number of amides is 2. The molecule has 0 bridgehead atoms. The molecule has 0 aliphatic heterocycles. The van der Waals surface area contributed by atoms with E-state index in [1.165, 1.54) is 5.48 Å². The maximum atomic E-state index is 12.4. The zero-order valence-electron chi connectivity index (χ0n) is 17.0. The molecule has 2 amide bonds. The Labute approximate surface area is 175 Å². The molecule has 30 heavy (non-hydrogen) atoms. The maximum Gasteiger partial charge on any atom is 0.267 e. The highest BCUT2D eigenvalue weighted by molar-refractivity contribution is 5.97. The molecule has 1 aliphatic carbocycles. The number of nitrogens with one attached hydrogen (secondary N) is 2. The maximum absolute atomic E-state index is 12.4. The number of aliphatic hydroxyl groups excluding tert-OH is 1. The second kappa shape index (κ2) is 9.75. The van der Waals surface area contributed by atoms with Gasteiger partial charge in [0.05, 0.1) is 5.60 Å². The molecule has 8 heteroatoms. The Bertz CT molecular complexity index is 891. The van der Waals surface area contributed by atoms with Crippen LogP contribution in [0.3, 0.4) is 0 Å². The molecule has 2 rings (SSSR count). The van der Waals surface area contributed by atoms with Crippen LogP contribution in [0.1, 0.15) is 49.0 Å². The molecule has 1 aromatic carbocycles. The first kappa shape index (κ1) is 23.4. The van der Waals surface area contributed by atoms with E-state index < -0.39 is 29.0 Å². The summed E-state index contributed by atoms with van der Waals surface area (Å²) in [7, 11) is 0. The van der Waals surface area contributed by atoms with Gasteiger partial charge in [-0.15, -0.1) is 0 Å². The van der Waals surface area contributed by atoms with Gasteiger partial charge in [-0.05, 0) is 68.7 Å². The molecule has 1 aromatic rings. The van der Waals surface area contributed by atoms with Crippen molar-refractivity contribution in [2.75, 3.05) is 6.61 Å². The van der Waals surface area contributed by atoms with E-state index in [0.29, 0.717) is 30.4 Å². The number of hydrogen-bond acceptors (Lipinski definition) is 6. The Morgan fingerprint density at radius 3 is 2.43 bits per heavy atom. The minimum Gasteiger partial charge on any atom is -0.396 e. The van der Waals surface area contributed by atoms with Crippen molar-refractivity contribution in [1.29, 1.82) is 0 Å². The molecule has 1 atom stereocenters. The van der Waals surface area contributed by atoms with Crippen LogP contribution in [0, 0.1) is 29.6 Å². The lowest BCUT2D eigenvalue weighted by Gasteiger charge is -2.41. The molecule has 0 aromatic heterocycles. The Kier molecular flexibility index (Phi) is 7.60. The topological polar surface area (TPSA) is 145 Å². The molecule has 1 fully saturated rings. The number of aliphatic hydroxyl groups is 2. The molecule has 1 aliphatic rings. The van der Waals surface area contributed by atoms with Gasteiger partial charge in [0.15, 0.2) is 0 Å². The monoisotopic (exact) mass is 413 g/mol. The number of nitrogens with two attached hydrogens (primary N) is 1. The fourth-order valence-corrected chi connectivity index (χ4v) is 3.22. The zero-order valence-corrected chi connectivity index (χ0v) is 17.0. The number of hydrogen-bond donors (Lipinski definition) is 6. The summed E-state index contributed by atoms with van der Waals surface area (Å²) in [6.07, 6.45) is 1.42. The zero-order chi connectivity index (χ0) is 22.4. The molecule has 1 unspecified atom stereocenters. The van der Waals surface area contributed by atoms with Crippen LogP contribution >= 0.6 is 0 Å². The quantitative estimate of drug-likeness (QED) is 0.218. The normalized spacial score (nSPS) is 21.1. The third-order valence-electron chi connectivity index (χ3n) is 4.91. The third kappa shape index (κ3) is 6.31. The summed E-state index contributed by atoms with van der Waals surface area (Å²) >= 11 is 0.